The average Bonchev–Trinajstić information content (AvgIpc) is 2.33. The van der Waals surface area contributed by atoms with E-state index < -0.39 is 15.1 Å². The Labute approximate surface area is 103 Å². The molecule has 2 rings (SSSR count). The van der Waals surface area contributed by atoms with Crippen molar-refractivity contribution in [2.75, 3.05) is 13.1 Å². The van der Waals surface area contributed by atoms with Crippen LogP contribution in [-0.4, -0.2) is 26.8 Å². The van der Waals surface area contributed by atoms with Crippen LogP contribution in [0.2, 0.25) is 0 Å². The third-order valence-corrected chi connectivity index (χ3v) is 5.57. The van der Waals surface area contributed by atoms with Gasteiger partial charge in [-0.2, -0.15) is 0 Å². The zero-order chi connectivity index (χ0) is 12.5. The molecule has 1 fully saturated rings. The lowest BCUT2D eigenvalue weighted by molar-refractivity contribution is 0.550. The summed E-state index contributed by atoms with van der Waals surface area (Å²) in [5, 5.41) is 2.74. The number of benzene rings is 1. The van der Waals surface area contributed by atoms with Crippen molar-refractivity contribution in [1.29, 1.82) is 0 Å². The smallest absolute Gasteiger partial charge is 0.183 e. The molecule has 0 amide bonds. The minimum Gasteiger partial charge on any atom is -0.315 e. The number of hydrogen-bond acceptors (Lipinski definition) is 3. The maximum absolute atomic E-state index is 12.5. The second-order valence-electron chi connectivity index (χ2n) is 4.51. The molecule has 1 radical (unpaired) electrons. The number of hydrogen-bond donors (Lipinski definition) is 1. The molecule has 0 bridgehead atoms. The second-order valence-corrected chi connectivity index (χ2v) is 6.65. The average molecular weight is 252 g/mol. The molecule has 0 saturated carbocycles. The monoisotopic (exact) mass is 252 g/mol. The van der Waals surface area contributed by atoms with E-state index in [2.05, 4.69) is 5.32 Å². The molecule has 4 heteroatoms. The molecule has 0 spiro atoms. The predicted octanol–water partition coefficient (Wildman–Crippen LogP) is 1.64. The van der Waals surface area contributed by atoms with Crippen molar-refractivity contribution in [3.05, 3.63) is 35.7 Å². The Morgan fingerprint density at radius 3 is 2.71 bits per heavy atom. The summed E-state index contributed by atoms with van der Waals surface area (Å²) >= 11 is 0. The second kappa shape index (κ2) is 4.78. The van der Waals surface area contributed by atoms with E-state index in [1.807, 2.05) is 32.4 Å². The fraction of sp³-hybridized carbons (Fsp3) is 0.462. The Kier molecular flexibility index (Phi) is 3.54. The highest BCUT2D eigenvalue weighted by atomic mass is 32.2. The van der Waals surface area contributed by atoms with Crippen molar-refractivity contribution in [2.45, 2.75) is 30.4 Å². The fourth-order valence-electron chi connectivity index (χ4n) is 2.13. The summed E-state index contributed by atoms with van der Waals surface area (Å²) < 4.78 is 25.0. The van der Waals surface area contributed by atoms with Crippen molar-refractivity contribution in [3.8, 4) is 0 Å². The maximum atomic E-state index is 12.5. The topological polar surface area (TPSA) is 46.2 Å². The fourth-order valence-corrected chi connectivity index (χ4v) is 4.04. The molecule has 1 aromatic rings. The van der Waals surface area contributed by atoms with Crippen LogP contribution in [0.3, 0.4) is 0 Å². The summed E-state index contributed by atoms with van der Waals surface area (Å²) in [5.74, 6) is 0. The van der Waals surface area contributed by atoms with Gasteiger partial charge in [-0.3, -0.25) is 0 Å². The van der Waals surface area contributed by atoms with Gasteiger partial charge in [0.05, 0.1) is 10.1 Å². The Morgan fingerprint density at radius 1 is 1.29 bits per heavy atom. The first-order valence-electron chi connectivity index (χ1n) is 5.87. The Morgan fingerprint density at radius 2 is 2.06 bits per heavy atom. The SMILES string of the molecule is Cc1cccc(S(=O)(=O)C2[CH]CCNC2)c1C. The third-order valence-electron chi connectivity index (χ3n) is 3.36. The molecule has 1 unspecified atom stereocenters. The van der Waals surface area contributed by atoms with Crippen LogP contribution in [0.5, 0.6) is 0 Å². The van der Waals surface area contributed by atoms with Gasteiger partial charge in [0.2, 0.25) is 0 Å². The minimum atomic E-state index is -3.23. The molecule has 1 N–H and O–H groups in total. The van der Waals surface area contributed by atoms with E-state index in [0.29, 0.717) is 11.4 Å². The number of aryl methyl sites for hydroxylation is 1. The highest BCUT2D eigenvalue weighted by molar-refractivity contribution is 7.92. The molecule has 3 nitrogen and oxygen atoms in total. The van der Waals surface area contributed by atoms with Crippen molar-refractivity contribution in [3.63, 3.8) is 0 Å². The Balaban J connectivity index is 2.40. The number of rotatable bonds is 2. The van der Waals surface area contributed by atoms with E-state index in [-0.39, 0.29) is 0 Å². The minimum absolute atomic E-state index is 0.392. The largest absolute Gasteiger partial charge is 0.315 e. The van der Waals surface area contributed by atoms with Gasteiger partial charge in [-0.1, -0.05) is 12.1 Å². The zero-order valence-electron chi connectivity index (χ0n) is 10.2. The Hall–Kier alpha value is -0.870. The van der Waals surface area contributed by atoms with E-state index in [9.17, 15) is 8.42 Å². The van der Waals surface area contributed by atoms with Gasteiger partial charge in [0.15, 0.2) is 9.84 Å². The van der Waals surface area contributed by atoms with Crippen LogP contribution in [0.25, 0.3) is 0 Å². The molecular formula is C13H18NO2S. The first-order valence-corrected chi connectivity index (χ1v) is 7.42. The lowest BCUT2D eigenvalue weighted by Gasteiger charge is -2.23. The normalized spacial score (nSPS) is 21.4. The maximum Gasteiger partial charge on any atom is 0.183 e. The summed E-state index contributed by atoms with van der Waals surface area (Å²) in [6.07, 6.45) is 2.72. The van der Waals surface area contributed by atoms with Crippen LogP contribution in [-0.2, 0) is 9.84 Å². The quantitative estimate of drug-likeness (QED) is 0.870. The van der Waals surface area contributed by atoms with E-state index in [0.717, 1.165) is 24.1 Å². The van der Waals surface area contributed by atoms with Gasteiger partial charge in [-0.15, -0.1) is 0 Å². The van der Waals surface area contributed by atoms with Gasteiger partial charge in [0.25, 0.3) is 0 Å². The van der Waals surface area contributed by atoms with Crippen molar-refractivity contribution in [1.82, 2.24) is 5.32 Å². The molecule has 1 aromatic carbocycles. The molecule has 1 atom stereocenters. The molecule has 1 aliphatic rings. The first kappa shape index (κ1) is 12.6. The van der Waals surface area contributed by atoms with Crippen molar-refractivity contribution >= 4 is 9.84 Å². The molecule has 0 aromatic heterocycles. The van der Waals surface area contributed by atoms with Crippen LogP contribution < -0.4 is 5.32 Å². The zero-order valence-corrected chi connectivity index (χ0v) is 11.0. The van der Waals surface area contributed by atoms with Crippen LogP contribution >= 0.6 is 0 Å². The van der Waals surface area contributed by atoms with E-state index in [1.54, 1.807) is 6.07 Å². The molecule has 0 aliphatic carbocycles. The van der Waals surface area contributed by atoms with Gasteiger partial charge in [0.1, 0.15) is 0 Å². The van der Waals surface area contributed by atoms with E-state index in [4.69, 9.17) is 0 Å². The van der Waals surface area contributed by atoms with Gasteiger partial charge in [-0.05, 0) is 50.4 Å². The lowest BCUT2D eigenvalue weighted by atomic mass is 10.1. The molecule has 1 heterocycles. The molecule has 93 valence electrons. The van der Waals surface area contributed by atoms with E-state index >= 15 is 0 Å². The van der Waals surface area contributed by atoms with Crippen LogP contribution in [0.4, 0.5) is 0 Å². The van der Waals surface area contributed by atoms with Crippen molar-refractivity contribution in [2.24, 2.45) is 0 Å². The molecule has 17 heavy (non-hydrogen) atoms. The Bertz CT molecular complexity index is 502. The van der Waals surface area contributed by atoms with Crippen LogP contribution in [0.15, 0.2) is 23.1 Å². The molecular weight excluding hydrogens is 234 g/mol. The predicted molar refractivity (Wildman–Crippen MR) is 68.7 cm³/mol. The third kappa shape index (κ3) is 2.38. The molecule has 1 saturated heterocycles. The number of nitrogens with one attached hydrogen (secondary N) is 1. The number of sulfone groups is 1. The van der Waals surface area contributed by atoms with Gasteiger partial charge in [0, 0.05) is 6.54 Å². The van der Waals surface area contributed by atoms with Gasteiger partial charge < -0.3 is 5.32 Å². The van der Waals surface area contributed by atoms with Crippen LogP contribution in [0, 0.1) is 20.3 Å². The highest BCUT2D eigenvalue weighted by Crippen LogP contribution is 2.25. The van der Waals surface area contributed by atoms with Crippen LogP contribution in [0.1, 0.15) is 17.5 Å². The summed E-state index contributed by atoms with van der Waals surface area (Å²) in [6, 6.07) is 5.46. The lowest BCUT2D eigenvalue weighted by Crippen LogP contribution is -2.39. The first-order chi connectivity index (χ1) is 8.03. The van der Waals surface area contributed by atoms with Gasteiger partial charge >= 0.3 is 0 Å². The number of piperidine rings is 1. The summed E-state index contributed by atoms with van der Waals surface area (Å²) in [4.78, 5) is 0.474. The standard InChI is InChI=1S/C13H18NO2S/c1-10-5-3-7-13(11(10)2)17(15,16)12-6-4-8-14-9-12/h3,5-7,12,14H,4,8-9H2,1-2H3. The molecule has 1 aliphatic heterocycles. The summed E-state index contributed by atoms with van der Waals surface area (Å²) in [6.45, 7) is 5.21. The van der Waals surface area contributed by atoms with E-state index in [1.165, 1.54) is 0 Å². The summed E-state index contributed by atoms with van der Waals surface area (Å²) in [7, 11) is -3.23. The highest BCUT2D eigenvalue weighted by Gasteiger charge is 2.30. The van der Waals surface area contributed by atoms with Crippen molar-refractivity contribution < 1.29 is 8.42 Å². The van der Waals surface area contributed by atoms with Gasteiger partial charge in [-0.25, -0.2) is 8.42 Å². The summed E-state index contributed by atoms with van der Waals surface area (Å²) in [5.41, 5.74) is 1.89.